The highest BCUT2D eigenvalue weighted by Gasteiger charge is 2.39. The summed E-state index contributed by atoms with van der Waals surface area (Å²) in [5, 5.41) is 14.7. The second-order valence-electron chi connectivity index (χ2n) is 5.31. The van der Waals surface area contributed by atoms with Crippen LogP contribution in [0.25, 0.3) is 0 Å². The Morgan fingerprint density at radius 2 is 2.04 bits per heavy atom. The van der Waals surface area contributed by atoms with E-state index in [2.05, 4.69) is 20.6 Å². The van der Waals surface area contributed by atoms with Gasteiger partial charge in [-0.05, 0) is 32.6 Å². The number of nitrogens with zero attached hydrogens (tertiary/aromatic N) is 4. The van der Waals surface area contributed by atoms with Crippen LogP contribution in [0.1, 0.15) is 34.8 Å². The quantitative estimate of drug-likeness (QED) is 0.928. The van der Waals surface area contributed by atoms with Gasteiger partial charge in [-0.1, -0.05) is 11.3 Å². The molecule has 6 nitrogen and oxygen atoms in total. The van der Waals surface area contributed by atoms with Gasteiger partial charge in [0.25, 0.3) is 0 Å². The standard InChI is InChI=1S/C13H14F3N5OS/c1-7-18-19-12(23-7)17-10(22)6-21-9-5-3-2-4-8(9)11(20-21)13(14,15)16/h2-6H2,1H3,(H,17,19,22). The van der Waals surface area contributed by atoms with Crippen molar-refractivity contribution in [3.05, 3.63) is 22.0 Å². The third-order valence-electron chi connectivity index (χ3n) is 3.59. The molecule has 1 aliphatic rings. The Hall–Kier alpha value is -1.97. The molecule has 0 fully saturated rings. The molecule has 0 aliphatic heterocycles. The van der Waals surface area contributed by atoms with Crippen molar-refractivity contribution in [2.75, 3.05) is 5.32 Å². The lowest BCUT2D eigenvalue weighted by Gasteiger charge is -2.14. The molecule has 2 aromatic rings. The zero-order valence-electron chi connectivity index (χ0n) is 12.3. The minimum Gasteiger partial charge on any atom is -0.299 e. The maximum absolute atomic E-state index is 13.1. The van der Waals surface area contributed by atoms with E-state index in [1.807, 2.05) is 0 Å². The number of hydrogen-bond acceptors (Lipinski definition) is 5. The van der Waals surface area contributed by atoms with Crippen LogP contribution in [0.4, 0.5) is 18.3 Å². The Morgan fingerprint density at radius 1 is 1.30 bits per heavy atom. The number of amides is 1. The zero-order valence-corrected chi connectivity index (χ0v) is 13.1. The van der Waals surface area contributed by atoms with Crippen molar-refractivity contribution in [1.82, 2.24) is 20.0 Å². The first kappa shape index (κ1) is 15.9. The average molecular weight is 345 g/mol. The third kappa shape index (κ3) is 3.36. The summed E-state index contributed by atoms with van der Waals surface area (Å²) in [7, 11) is 0. The molecule has 2 aromatic heterocycles. The van der Waals surface area contributed by atoms with Crippen LogP contribution < -0.4 is 5.32 Å². The molecule has 2 heterocycles. The van der Waals surface area contributed by atoms with Gasteiger partial charge in [0.15, 0.2) is 5.69 Å². The largest absolute Gasteiger partial charge is 0.435 e. The van der Waals surface area contributed by atoms with Gasteiger partial charge in [0.05, 0.1) is 0 Å². The third-order valence-corrected chi connectivity index (χ3v) is 4.35. The molecular formula is C13H14F3N5OS. The molecule has 23 heavy (non-hydrogen) atoms. The SMILES string of the molecule is Cc1nnc(NC(=O)Cn2nc(C(F)(F)F)c3c2CCCC3)s1. The van der Waals surface area contributed by atoms with Crippen molar-refractivity contribution in [2.45, 2.75) is 45.3 Å². The summed E-state index contributed by atoms with van der Waals surface area (Å²) in [5.41, 5.74) is -0.137. The molecule has 0 aromatic carbocycles. The summed E-state index contributed by atoms with van der Waals surface area (Å²) in [6, 6.07) is 0. The van der Waals surface area contributed by atoms with E-state index in [9.17, 15) is 18.0 Å². The highest BCUT2D eigenvalue weighted by Crippen LogP contribution is 2.35. The molecule has 0 spiro atoms. The summed E-state index contributed by atoms with van der Waals surface area (Å²) in [5.74, 6) is -0.467. The molecule has 124 valence electrons. The summed E-state index contributed by atoms with van der Waals surface area (Å²) in [6.45, 7) is 1.48. The number of anilines is 1. The first-order valence-electron chi connectivity index (χ1n) is 7.10. The number of carbonyl (C=O) groups excluding carboxylic acids is 1. The van der Waals surface area contributed by atoms with E-state index in [-0.39, 0.29) is 12.1 Å². The number of aromatic nitrogens is 4. The van der Waals surface area contributed by atoms with Crippen LogP contribution in [-0.2, 0) is 30.4 Å². The number of fused-ring (bicyclic) bond motifs is 1. The summed E-state index contributed by atoms with van der Waals surface area (Å²) in [4.78, 5) is 12.0. The predicted octanol–water partition coefficient (Wildman–Crippen LogP) is 2.58. The topological polar surface area (TPSA) is 72.7 Å². The molecule has 0 atom stereocenters. The molecule has 0 bridgehead atoms. The van der Waals surface area contributed by atoms with Gasteiger partial charge in [-0.25, -0.2) is 0 Å². The Balaban J connectivity index is 1.82. The second-order valence-corrected chi connectivity index (χ2v) is 6.49. The number of alkyl halides is 3. The van der Waals surface area contributed by atoms with Gasteiger partial charge in [-0.2, -0.15) is 18.3 Å². The molecule has 1 amide bonds. The lowest BCUT2D eigenvalue weighted by Crippen LogP contribution is -2.21. The van der Waals surface area contributed by atoms with Crippen molar-refractivity contribution in [1.29, 1.82) is 0 Å². The highest BCUT2D eigenvalue weighted by atomic mass is 32.1. The summed E-state index contributed by atoms with van der Waals surface area (Å²) >= 11 is 1.20. The van der Waals surface area contributed by atoms with E-state index in [1.165, 1.54) is 16.0 Å². The Kier molecular flexibility index (Phi) is 4.09. The number of hydrogen-bond donors (Lipinski definition) is 1. The van der Waals surface area contributed by atoms with Crippen molar-refractivity contribution in [3.63, 3.8) is 0 Å². The van der Waals surface area contributed by atoms with Crippen LogP contribution >= 0.6 is 11.3 Å². The maximum atomic E-state index is 13.1. The molecule has 0 radical (unpaired) electrons. The van der Waals surface area contributed by atoms with E-state index in [1.54, 1.807) is 6.92 Å². The number of carbonyl (C=O) groups is 1. The summed E-state index contributed by atoms with van der Waals surface area (Å²) < 4.78 is 40.4. The minimum atomic E-state index is -4.50. The summed E-state index contributed by atoms with van der Waals surface area (Å²) in [6.07, 6.45) is -2.14. The van der Waals surface area contributed by atoms with E-state index in [0.29, 0.717) is 35.1 Å². The van der Waals surface area contributed by atoms with Crippen LogP contribution in [-0.4, -0.2) is 25.9 Å². The number of nitrogens with one attached hydrogen (secondary N) is 1. The second kappa shape index (κ2) is 5.91. The fraction of sp³-hybridized carbons (Fsp3) is 0.538. The van der Waals surface area contributed by atoms with E-state index < -0.39 is 17.8 Å². The van der Waals surface area contributed by atoms with E-state index in [0.717, 1.165) is 6.42 Å². The van der Waals surface area contributed by atoms with Crippen LogP contribution in [0.15, 0.2) is 0 Å². The molecule has 0 saturated carbocycles. The van der Waals surface area contributed by atoms with Gasteiger partial charge in [-0.3, -0.25) is 14.8 Å². The highest BCUT2D eigenvalue weighted by molar-refractivity contribution is 7.15. The normalized spacial score (nSPS) is 14.6. The van der Waals surface area contributed by atoms with Gasteiger partial charge < -0.3 is 0 Å². The maximum Gasteiger partial charge on any atom is 0.435 e. The van der Waals surface area contributed by atoms with Crippen LogP contribution in [0.2, 0.25) is 0 Å². The van der Waals surface area contributed by atoms with E-state index in [4.69, 9.17) is 0 Å². The molecule has 1 N–H and O–H groups in total. The monoisotopic (exact) mass is 345 g/mol. The molecular weight excluding hydrogens is 331 g/mol. The van der Waals surface area contributed by atoms with Gasteiger partial charge in [0.1, 0.15) is 11.6 Å². The van der Waals surface area contributed by atoms with Crippen molar-refractivity contribution in [3.8, 4) is 0 Å². The lowest BCUT2D eigenvalue weighted by molar-refractivity contribution is -0.142. The van der Waals surface area contributed by atoms with Gasteiger partial charge in [0.2, 0.25) is 11.0 Å². The van der Waals surface area contributed by atoms with Crippen LogP contribution in [0, 0.1) is 6.92 Å². The smallest absolute Gasteiger partial charge is 0.299 e. The predicted molar refractivity (Wildman–Crippen MR) is 77.1 cm³/mol. The zero-order chi connectivity index (χ0) is 16.6. The first-order chi connectivity index (χ1) is 10.8. The number of aryl methyl sites for hydroxylation is 1. The molecule has 0 unspecified atom stereocenters. The fourth-order valence-corrected chi connectivity index (χ4v) is 3.28. The van der Waals surface area contributed by atoms with Crippen molar-refractivity contribution < 1.29 is 18.0 Å². The van der Waals surface area contributed by atoms with Crippen LogP contribution in [0.5, 0.6) is 0 Å². The lowest BCUT2D eigenvalue weighted by atomic mass is 9.95. The molecule has 0 saturated heterocycles. The first-order valence-corrected chi connectivity index (χ1v) is 7.92. The number of rotatable bonds is 3. The van der Waals surface area contributed by atoms with E-state index >= 15 is 0 Å². The van der Waals surface area contributed by atoms with Gasteiger partial charge in [-0.15, -0.1) is 10.2 Å². The Morgan fingerprint density at radius 3 is 2.70 bits per heavy atom. The molecule has 3 rings (SSSR count). The Bertz CT molecular complexity index is 737. The Labute approximate surface area is 133 Å². The number of halogens is 3. The van der Waals surface area contributed by atoms with Gasteiger partial charge in [0, 0.05) is 11.3 Å². The minimum absolute atomic E-state index is 0.225. The van der Waals surface area contributed by atoms with Crippen molar-refractivity contribution >= 4 is 22.4 Å². The van der Waals surface area contributed by atoms with Gasteiger partial charge >= 0.3 is 6.18 Å². The average Bonchev–Trinajstić information content (AvgIpc) is 3.03. The van der Waals surface area contributed by atoms with Crippen LogP contribution in [0.3, 0.4) is 0 Å². The molecule has 10 heteroatoms. The molecule has 1 aliphatic carbocycles. The fourth-order valence-electron chi connectivity index (χ4n) is 2.67. The van der Waals surface area contributed by atoms with Crippen molar-refractivity contribution in [2.24, 2.45) is 0 Å².